The van der Waals surface area contributed by atoms with Crippen molar-refractivity contribution >= 4 is 11.9 Å². The van der Waals surface area contributed by atoms with E-state index in [1.165, 1.54) is 6.42 Å². The molecule has 5 nitrogen and oxygen atoms in total. The van der Waals surface area contributed by atoms with Gasteiger partial charge in [0.05, 0.1) is 11.5 Å². The number of hydrogen-bond donors (Lipinski definition) is 2. The number of amides is 1. The Hall–Kier alpha value is -1.10. The normalized spacial score (nSPS) is 19.6. The molecule has 1 amide bonds. The SMILES string of the molecule is CCC(CC)(CNC(=O)CCC1CCCCO1)C(=O)O. The van der Waals surface area contributed by atoms with E-state index in [2.05, 4.69) is 5.32 Å². The van der Waals surface area contributed by atoms with Crippen LogP contribution in [0.2, 0.25) is 0 Å². The summed E-state index contributed by atoms with van der Waals surface area (Å²) in [6.45, 7) is 4.69. The summed E-state index contributed by atoms with van der Waals surface area (Å²) in [5, 5.41) is 12.1. The van der Waals surface area contributed by atoms with E-state index in [4.69, 9.17) is 4.74 Å². The smallest absolute Gasteiger partial charge is 0.311 e. The second-order valence-corrected chi connectivity index (χ2v) is 5.60. The van der Waals surface area contributed by atoms with Crippen molar-refractivity contribution < 1.29 is 19.4 Å². The van der Waals surface area contributed by atoms with Gasteiger partial charge in [0.15, 0.2) is 0 Å². The van der Waals surface area contributed by atoms with Gasteiger partial charge in [-0.1, -0.05) is 13.8 Å². The predicted octanol–water partition coefficient (Wildman–Crippen LogP) is 2.34. The molecule has 1 heterocycles. The number of carbonyl (C=O) groups excluding carboxylic acids is 1. The summed E-state index contributed by atoms with van der Waals surface area (Å²) in [5.74, 6) is -0.912. The first kappa shape index (κ1) is 17.0. The van der Waals surface area contributed by atoms with Crippen LogP contribution in [0.3, 0.4) is 0 Å². The summed E-state index contributed by atoms with van der Waals surface area (Å²) < 4.78 is 5.58. The lowest BCUT2D eigenvalue weighted by molar-refractivity contribution is -0.149. The van der Waals surface area contributed by atoms with Crippen LogP contribution in [0.4, 0.5) is 0 Å². The van der Waals surface area contributed by atoms with Crippen molar-refractivity contribution in [1.29, 1.82) is 0 Å². The molecule has 0 aliphatic carbocycles. The molecule has 1 saturated heterocycles. The molecule has 1 fully saturated rings. The molecular weight excluding hydrogens is 258 g/mol. The quantitative estimate of drug-likeness (QED) is 0.717. The van der Waals surface area contributed by atoms with Gasteiger partial charge >= 0.3 is 5.97 Å². The Bertz CT molecular complexity index is 320. The highest BCUT2D eigenvalue weighted by atomic mass is 16.5. The highest BCUT2D eigenvalue weighted by molar-refractivity contribution is 5.79. The highest BCUT2D eigenvalue weighted by Crippen LogP contribution is 2.25. The minimum Gasteiger partial charge on any atom is -0.481 e. The summed E-state index contributed by atoms with van der Waals surface area (Å²) in [5.41, 5.74) is -0.836. The van der Waals surface area contributed by atoms with Gasteiger partial charge in [-0.2, -0.15) is 0 Å². The third-order valence-electron chi connectivity index (χ3n) is 4.40. The fraction of sp³-hybridized carbons (Fsp3) is 0.867. The van der Waals surface area contributed by atoms with Crippen LogP contribution < -0.4 is 5.32 Å². The zero-order chi connectivity index (χ0) is 15.0. The molecule has 1 unspecified atom stereocenters. The number of aliphatic carboxylic acids is 1. The average Bonchev–Trinajstić information content (AvgIpc) is 2.47. The van der Waals surface area contributed by atoms with Crippen molar-refractivity contribution in [1.82, 2.24) is 5.32 Å². The Morgan fingerprint density at radius 2 is 2.00 bits per heavy atom. The van der Waals surface area contributed by atoms with Crippen LogP contribution in [-0.2, 0) is 14.3 Å². The molecule has 0 bridgehead atoms. The third kappa shape index (κ3) is 4.78. The molecule has 5 heteroatoms. The number of carbonyl (C=O) groups is 2. The molecule has 0 aromatic carbocycles. The Labute approximate surface area is 121 Å². The lowest BCUT2D eigenvalue weighted by Gasteiger charge is -2.27. The maximum Gasteiger partial charge on any atom is 0.311 e. The van der Waals surface area contributed by atoms with E-state index in [1.54, 1.807) is 0 Å². The topological polar surface area (TPSA) is 75.6 Å². The lowest BCUT2D eigenvalue weighted by Crippen LogP contribution is -2.42. The highest BCUT2D eigenvalue weighted by Gasteiger charge is 2.35. The van der Waals surface area contributed by atoms with Crippen LogP contribution in [0.15, 0.2) is 0 Å². The van der Waals surface area contributed by atoms with E-state index in [-0.39, 0.29) is 18.6 Å². The first-order valence-electron chi connectivity index (χ1n) is 7.65. The van der Waals surface area contributed by atoms with Crippen molar-refractivity contribution in [3.63, 3.8) is 0 Å². The summed E-state index contributed by atoms with van der Waals surface area (Å²) in [6.07, 6.45) is 5.66. The minimum atomic E-state index is -0.836. The Morgan fingerprint density at radius 1 is 1.30 bits per heavy atom. The summed E-state index contributed by atoms with van der Waals surface area (Å²) in [7, 11) is 0. The standard InChI is InChI=1S/C15H27NO4/c1-3-15(4-2,14(18)19)11-16-13(17)9-8-12-7-5-6-10-20-12/h12H,3-11H2,1-2H3,(H,16,17)(H,18,19). The van der Waals surface area contributed by atoms with Crippen LogP contribution in [0, 0.1) is 5.41 Å². The molecular formula is C15H27NO4. The van der Waals surface area contributed by atoms with Crippen molar-refractivity contribution in [2.75, 3.05) is 13.2 Å². The summed E-state index contributed by atoms with van der Waals surface area (Å²) in [4.78, 5) is 23.2. The van der Waals surface area contributed by atoms with E-state index in [0.717, 1.165) is 25.9 Å². The second-order valence-electron chi connectivity index (χ2n) is 5.60. The molecule has 0 radical (unpaired) electrons. The van der Waals surface area contributed by atoms with Gasteiger partial charge in [-0.15, -0.1) is 0 Å². The Morgan fingerprint density at radius 3 is 2.50 bits per heavy atom. The predicted molar refractivity (Wildman–Crippen MR) is 76.5 cm³/mol. The first-order valence-corrected chi connectivity index (χ1v) is 7.65. The van der Waals surface area contributed by atoms with Gasteiger partial charge < -0.3 is 15.2 Å². The molecule has 20 heavy (non-hydrogen) atoms. The first-order chi connectivity index (χ1) is 9.54. The van der Waals surface area contributed by atoms with Gasteiger partial charge in [0.2, 0.25) is 5.91 Å². The molecule has 0 aromatic rings. The molecule has 1 aliphatic heterocycles. The summed E-state index contributed by atoms with van der Waals surface area (Å²) >= 11 is 0. The fourth-order valence-electron chi connectivity index (χ4n) is 2.56. The van der Waals surface area contributed by atoms with Crippen molar-refractivity contribution in [3.8, 4) is 0 Å². The van der Waals surface area contributed by atoms with E-state index in [9.17, 15) is 14.7 Å². The zero-order valence-corrected chi connectivity index (χ0v) is 12.6. The van der Waals surface area contributed by atoms with E-state index < -0.39 is 11.4 Å². The second kappa shape index (κ2) is 8.25. The van der Waals surface area contributed by atoms with Crippen LogP contribution in [0.25, 0.3) is 0 Å². The maximum absolute atomic E-state index is 11.8. The maximum atomic E-state index is 11.8. The molecule has 116 valence electrons. The van der Waals surface area contributed by atoms with Crippen molar-refractivity contribution in [3.05, 3.63) is 0 Å². The number of hydrogen-bond acceptors (Lipinski definition) is 3. The largest absolute Gasteiger partial charge is 0.481 e. The van der Waals surface area contributed by atoms with E-state index in [0.29, 0.717) is 19.3 Å². The van der Waals surface area contributed by atoms with Gasteiger partial charge in [0.25, 0.3) is 0 Å². The monoisotopic (exact) mass is 285 g/mol. The molecule has 0 saturated carbocycles. The zero-order valence-electron chi connectivity index (χ0n) is 12.6. The number of carboxylic acids is 1. The molecule has 0 aromatic heterocycles. The van der Waals surface area contributed by atoms with Gasteiger partial charge in [-0.05, 0) is 38.5 Å². The van der Waals surface area contributed by atoms with Crippen molar-refractivity contribution in [2.24, 2.45) is 5.41 Å². The number of rotatable bonds is 8. The van der Waals surface area contributed by atoms with Crippen LogP contribution in [-0.4, -0.2) is 36.2 Å². The van der Waals surface area contributed by atoms with Crippen LogP contribution >= 0.6 is 0 Å². The number of ether oxygens (including phenoxy) is 1. The van der Waals surface area contributed by atoms with Gasteiger partial charge in [0, 0.05) is 19.6 Å². The third-order valence-corrected chi connectivity index (χ3v) is 4.40. The summed E-state index contributed by atoms with van der Waals surface area (Å²) in [6, 6.07) is 0. The lowest BCUT2D eigenvalue weighted by atomic mass is 9.82. The Kier molecular flexibility index (Phi) is 6.99. The average molecular weight is 285 g/mol. The van der Waals surface area contributed by atoms with Gasteiger partial charge in [0.1, 0.15) is 0 Å². The Balaban J connectivity index is 2.32. The van der Waals surface area contributed by atoms with Crippen molar-refractivity contribution in [2.45, 2.75) is 64.9 Å². The molecule has 1 atom stereocenters. The van der Waals surface area contributed by atoms with E-state index >= 15 is 0 Å². The molecule has 1 aliphatic rings. The number of nitrogens with one attached hydrogen (secondary N) is 1. The molecule has 0 spiro atoms. The van der Waals surface area contributed by atoms with Crippen LogP contribution in [0.5, 0.6) is 0 Å². The minimum absolute atomic E-state index is 0.0771. The molecule has 2 N–H and O–H groups in total. The number of carboxylic acid groups (broad SMARTS) is 1. The fourth-order valence-corrected chi connectivity index (χ4v) is 2.56. The van der Waals surface area contributed by atoms with Crippen LogP contribution in [0.1, 0.15) is 58.8 Å². The van der Waals surface area contributed by atoms with Gasteiger partial charge in [-0.25, -0.2) is 0 Å². The van der Waals surface area contributed by atoms with E-state index in [1.807, 2.05) is 13.8 Å². The van der Waals surface area contributed by atoms with Gasteiger partial charge in [-0.3, -0.25) is 9.59 Å². The molecule has 1 rings (SSSR count).